The number of esters is 3. The van der Waals surface area contributed by atoms with Crippen molar-refractivity contribution in [2.75, 3.05) is 0 Å². The van der Waals surface area contributed by atoms with E-state index in [1.807, 2.05) is 0 Å². The van der Waals surface area contributed by atoms with Crippen LogP contribution in [-0.2, 0) is 33.3 Å². The largest absolute Gasteiger partial charge is 0.457 e. The Morgan fingerprint density at radius 3 is 1.80 bits per heavy atom. The summed E-state index contributed by atoms with van der Waals surface area (Å²) in [6.07, 6.45) is -5.64. The Bertz CT molecular complexity index is 393. The topological polar surface area (TPSA) is 108 Å². The SMILES string of the molecule is CC(=O)OC1O[C@@H](C)[C@H](OC(C)=O)[C@H](O)[C@H]1OC(C)=O. The highest BCUT2D eigenvalue weighted by Crippen LogP contribution is 2.26. The molecule has 1 saturated heterocycles. The fraction of sp³-hybridized carbons (Fsp3) is 0.750. The molecule has 1 N–H and O–H groups in total. The van der Waals surface area contributed by atoms with Gasteiger partial charge >= 0.3 is 17.9 Å². The maximum absolute atomic E-state index is 11.1. The van der Waals surface area contributed by atoms with Crippen molar-refractivity contribution >= 4 is 17.9 Å². The number of carbonyl (C=O) groups is 3. The van der Waals surface area contributed by atoms with Gasteiger partial charge in [-0.05, 0) is 6.92 Å². The smallest absolute Gasteiger partial charge is 0.305 e. The van der Waals surface area contributed by atoms with Gasteiger partial charge in [0.25, 0.3) is 0 Å². The minimum Gasteiger partial charge on any atom is -0.457 e. The van der Waals surface area contributed by atoms with E-state index in [1.165, 1.54) is 13.8 Å². The van der Waals surface area contributed by atoms with Crippen molar-refractivity contribution in [2.24, 2.45) is 0 Å². The van der Waals surface area contributed by atoms with Gasteiger partial charge in [-0.15, -0.1) is 0 Å². The summed E-state index contributed by atoms with van der Waals surface area (Å²) >= 11 is 0. The molecule has 0 radical (unpaired) electrons. The normalized spacial score (nSPS) is 33.1. The van der Waals surface area contributed by atoms with Crippen molar-refractivity contribution in [3.8, 4) is 0 Å². The quantitative estimate of drug-likeness (QED) is 0.548. The first-order chi connectivity index (χ1) is 9.22. The second-order valence-electron chi connectivity index (χ2n) is 4.46. The Balaban J connectivity index is 2.92. The zero-order chi connectivity index (χ0) is 15.4. The van der Waals surface area contributed by atoms with E-state index in [0.717, 1.165) is 13.8 Å². The number of hydrogen-bond acceptors (Lipinski definition) is 8. The Morgan fingerprint density at radius 1 is 0.900 bits per heavy atom. The number of aliphatic hydroxyl groups is 1. The van der Waals surface area contributed by atoms with E-state index >= 15 is 0 Å². The van der Waals surface area contributed by atoms with Gasteiger partial charge in [-0.2, -0.15) is 0 Å². The van der Waals surface area contributed by atoms with E-state index < -0.39 is 48.6 Å². The van der Waals surface area contributed by atoms with Crippen LogP contribution >= 0.6 is 0 Å². The highest BCUT2D eigenvalue weighted by Gasteiger charge is 2.48. The van der Waals surface area contributed by atoms with Crippen LogP contribution in [0.1, 0.15) is 27.7 Å². The van der Waals surface area contributed by atoms with E-state index in [4.69, 9.17) is 18.9 Å². The van der Waals surface area contributed by atoms with Crippen LogP contribution in [0, 0.1) is 0 Å². The summed E-state index contributed by atoms with van der Waals surface area (Å²) in [6, 6.07) is 0. The summed E-state index contributed by atoms with van der Waals surface area (Å²) in [5, 5.41) is 10.2. The third-order valence-electron chi connectivity index (χ3n) is 2.64. The molecule has 5 atom stereocenters. The van der Waals surface area contributed by atoms with Crippen LogP contribution in [0.3, 0.4) is 0 Å². The summed E-state index contributed by atoms with van der Waals surface area (Å²) in [6.45, 7) is 5.01. The summed E-state index contributed by atoms with van der Waals surface area (Å²) in [4.78, 5) is 33.1. The number of hydrogen-bond donors (Lipinski definition) is 1. The monoisotopic (exact) mass is 290 g/mol. The minimum atomic E-state index is -1.36. The standard InChI is InChI=1S/C12H18O8/c1-5-10(18-6(2)13)9(16)11(19-7(3)14)12(17-5)20-8(4)15/h5,9-12,16H,1-4H3/t5-,9-,10-,11+,12?/m0/s1. The maximum Gasteiger partial charge on any atom is 0.305 e. The first-order valence-corrected chi connectivity index (χ1v) is 6.07. The lowest BCUT2D eigenvalue weighted by atomic mass is 9.99. The molecule has 1 aliphatic heterocycles. The zero-order valence-electron chi connectivity index (χ0n) is 11.7. The molecular formula is C12H18O8. The molecule has 0 bridgehead atoms. The predicted molar refractivity (Wildman–Crippen MR) is 63.2 cm³/mol. The highest BCUT2D eigenvalue weighted by molar-refractivity contribution is 5.67. The van der Waals surface area contributed by atoms with Crippen molar-refractivity contribution in [3.05, 3.63) is 0 Å². The molecule has 8 heteroatoms. The van der Waals surface area contributed by atoms with Gasteiger partial charge in [0.05, 0.1) is 6.10 Å². The predicted octanol–water partition coefficient (Wildman–Crippen LogP) is -0.481. The number of aliphatic hydroxyl groups excluding tert-OH is 1. The zero-order valence-corrected chi connectivity index (χ0v) is 11.7. The number of ether oxygens (including phenoxy) is 4. The summed E-state index contributed by atoms with van der Waals surface area (Å²) in [5.41, 5.74) is 0. The first-order valence-electron chi connectivity index (χ1n) is 6.07. The molecule has 0 aromatic carbocycles. The van der Waals surface area contributed by atoms with Crippen LogP contribution < -0.4 is 0 Å². The van der Waals surface area contributed by atoms with Gasteiger partial charge in [-0.25, -0.2) is 0 Å². The Labute approximate surface area is 115 Å². The minimum absolute atomic E-state index is 0.614. The molecule has 0 amide bonds. The molecule has 8 nitrogen and oxygen atoms in total. The molecule has 1 aliphatic rings. The first kappa shape index (κ1) is 16.4. The molecule has 0 spiro atoms. The Hall–Kier alpha value is -1.67. The lowest BCUT2D eigenvalue weighted by molar-refractivity contribution is -0.290. The number of rotatable bonds is 3. The summed E-state index contributed by atoms with van der Waals surface area (Å²) < 4.78 is 20.0. The molecule has 1 fully saturated rings. The maximum atomic E-state index is 11.1. The second-order valence-corrected chi connectivity index (χ2v) is 4.46. The van der Waals surface area contributed by atoms with Crippen molar-refractivity contribution in [2.45, 2.75) is 58.4 Å². The molecule has 20 heavy (non-hydrogen) atoms. The van der Waals surface area contributed by atoms with Crippen molar-refractivity contribution in [1.82, 2.24) is 0 Å². The van der Waals surface area contributed by atoms with Gasteiger partial charge < -0.3 is 24.1 Å². The fourth-order valence-electron chi connectivity index (χ4n) is 1.92. The average molecular weight is 290 g/mol. The van der Waals surface area contributed by atoms with E-state index in [2.05, 4.69) is 0 Å². The molecule has 114 valence electrons. The van der Waals surface area contributed by atoms with Gasteiger partial charge in [-0.1, -0.05) is 0 Å². The van der Waals surface area contributed by atoms with Gasteiger partial charge in [-0.3, -0.25) is 14.4 Å². The lowest BCUT2D eigenvalue weighted by Gasteiger charge is -2.41. The van der Waals surface area contributed by atoms with Crippen molar-refractivity contribution < 1.29 is 38.4 Å². The molecule has 0 aliphatic carbocycles. The van der Waals surface area contributed by atoms with Crippen LogP contribution in [0.15, 0.2) is 0 Å². The van der Waals surface area contributed by atoms with E-state index in [1.54, 1.807) is 0 Å². The van der Waals surface area contributed by atoms with Gasteiger partial charge in [0, 0.05) is 20.8 Å². The van der Waals surface area contributed by atoms with Crippen LogP contribution in [0.2, 0.25) is 0 Å². The molecular weight excluding hydrogens is 272 g/mol. The van der Waals surface area contributed by atoms with E-state index in [-0.39, 0.29) is 0 Å². The van der Waals surface area contributed by atoms with Crippen LogP contribution in [0.5, 0.6) is 0 Å². The van der Waals surface area contributed by atoms with Gasteiger partial charge in [0.1, 0.15) is 6.10 Å². The van der Waals surface area contributed by atoms with E-state index in [0.29, 0.717) is 0 Å². The third kappa shape index (κ3) is 4.17. The highest BCUT2D eigenvalue weighted by atomic mass is 16.7. The van der Waals surface area contributed by atoms with Gasteiger partial charge in [0.15, 0.2) is 12.2 Å². The average Bonchev–Trinajstić information content (AvgIpc) is 2.28. The molecule has 1 unspecified atom stereocenters. The van der Waals surface area contributed by atoms with Crippen LogP contribution in [0.4, 0.5) is 0 Å². The number of carbonyl (C=O) groups excluding carboxylic acids is 3. The Kier molecular flexibility index (Phi) is 5.46. The summed E-state index contributed by atoms with van der Waals surface area (Å²) in [5.74, 6) is -1.96. The molecule has 0 aromatic heterocycles. The lowest BCUT2D eigenvalue weighted by Crippen LogP contribution is -2.60. The van der Waals surface area contributed by atoms with Crippen LogP contribution in [0.25, 0.3) is 0 Å². The fourth-order valence-corrected chi connectivity index (χ4v) is 1.92. The van der Waals surface area contributed by atoms with Crippen LogP contribution in [-0.4, -0.2) is 53.7 Å². The summed E-state index contributed by atoms with van der Waals surface area (Å²) in [7, 11) is 0. The molecule has 1 heterocycles. The van der Waals surface area contributed by atoms with Crippen molar-refractivity contribution in [1.29, 1.82) is 0 Å². The molecule has 0 saturated carbocycles. The molecule has 1 rings (SSSR count). The van der Waals surface area contributed by atoms with Crippen molar-refractivity contribution in [3.63, 3.8) is 0 Å². The van der Waals surface area contributed by atoms with Gasteiger partial charge in [0.2, 0.25) is 6.29 Å². The third-order valence-corrected chi connectivity index (χ3v) is 2.64. The molecule has 0 aromatic rings. The second kappa shape index (κ2) is 6.67. The Morgan fingerprint density at radius 2 is 1.35 bits per heavy atom. The van der Waals surface area contributed by atoms with E-state index in [9.17, 15) is 19.5 Å².